The number of fused-ring (bicyclic) bond motifs is 1. The van der Waals surface area contributed by atoms with Crippen LogP contribution in [0.1, 0.15) is 39.0 Å². The van der Waals surface area contributed by atoms with Crippen LogP contribution in [0.2, 0.25) is 0 Å². The summed E-state index contributed by atoms with van der Waals surface area (Å²) in [6.07, 6.45) is 3.55. The lowest BCUT2D eigenvalue weighted by molar-refractivity contribution is -0.282. The fourth-order valence-electron chi connectivity index (χ4n) is 11.1. The monoisotopic (exact) mass is 435 g/mol. The van der Waals surface area contributed by atoms with Crippen molar-refractivity contribution in [3.8, 4) is 0 Å². The van der Waals surface area contributed by atoms with E-state index in [4.69, 9.17) is 18.9 Å². The van der Waals surface area contributed by atoms with E-state index in [1.807, 2.05) is 7.11 Å². The van der Waals surface area contributed by atoms with E-state index >= 15 is 0 Å². The third kappa shape index (κ3) is 1.83. The van der Waals surface area contributed by atoms with E-state index < -0.39 is 17.3 Å². The minimum Gasteiger partial charge on any atom is -0.392 e. The number of methoxy groups -OCH3 is 2. The summed E-state index contributed by atoms with van der Waals surface area (Å²) in [5, 5.41) is 23.5. The van der Waals surface area contributed by atoms with Crippen molar-refractivity contribution in [1.29, 1.82) is 0 Å². The van der Waals surface area contributed by atoms with Crippen LogP contribution in [-0.2, 0) is 18.9 Å². The maximum absolute atomic E-state index is 11.9. The van der Waals surface area contributed by atoms with Gasteiger partial charge in [0, 0.05) is 49.9 Å². The Morgan fingerprint density at radius 2 is 1.94 bits per heavy atom. The fraction of sp³-hybridized carbons (Fsp3) is 1.00. The minimum absolute atomic E-state index is 0.0115. The molecule has 5 saturated carbocycles. The molecule has 12 unspecified atom stereocenters. The summed E-state index contributed by atoms with van der Waals surface area (Å²) in [4.78, 5) is 2.61. The first-order valence-electron chi connectivity index (χ1n) is 12.4. The number of ether oxygens (including phenoxy) is 4. The number of rotatable bonds is 4. The van der Waals surface area contributed by atoms with Crippen LogP contribution >= 0.6 is 0 Å². The molecule has 5 aliphatic carbocycles. The number of piperidine rings is 1. The lowest BCUT2D eigenvalue weighted by atomic mass is 9.42. The van der Waals surface area contributed by atoms with Gasteiger partial charge >= 0.3 is 0 Å². The molecule has 0 aromatic rings. The van der Waals surface area contributed by atoms with Gasteiger partial charge in [-0.05, 0) is 44.1 Å². The minimum atomic E-state index is -0.533. The number of nitrogens with zero attached hydrogens (tertiary/aromatic N) is 1. The second kappa shape index (κ2) is 6.04. The van der Waals surface area contributed by atoms with Gasteiger partial charge in [0.25, 0.3) is 0 Å². The largest absolute Gasteiger partial charge is 0.392 e. The van der Waals surface area contributed by atoms with Gasteiger partial charge in [0.05, 0.1) is 31.0 Å². The molecule has 7 rings (SSSR count). The van der Waals surface area contributed by atoms with Crippen LogP contribution in [0, 0.1) is 34.5 Å². The van der Waals surface area contributed by atoms with Crippen molar-refractivity contribution < 1.29 is 29.2 Å². The second-order valence-corrected chi connectivity index (χ2v) is 11.8. The zero-order valence-corrected chi connectivity index (χ0v) is 19.0. The lowest BCUT2D eigenvalue weighted by Gasteiger charge is -2.69. The average Bonchev–Trinajstić information content (AvgIpc) is 3.32. The maximum atomic E-state index is 11.9. The molecular formula is C24H37NO6. The summed E-state index contributed by atoms with van der Waals surface area (Å²) in [6, 6.07) is 0.126. The van der Waals surface area contributed by atoms with Crippen LogP contribution in [0.25, 0.3) is 0 Å². The summed E-state index contributed by atoms with van der Waals surface area (Å²) in [6.45, 7) is 5.17. The molecule has 31 heavy (non-hydrogen) atoms. The molecule has 2 N–H and O–H groups in total. The highest BCUT2D eigenvalue weighted by molar-refractivity contribution is 5.39. The molecule has 7 nitrogen and oxygen atoms in total. The first-order chi connectivity index (χ1) is 15.0. The highest BCUT2D eigenvalue weighted by atomic mass is 16.7. The van der Waals surface area contributed by atoms with Gasteiger partial charge in [0.15, 0.2) is 0 Å². The summed E-state index contributed by atoms with van der Waals surface area (Å²) >= 11 is 0. The van der Waals surface area contributed by atoms with Gasteiger partial charge in [0.1, 0.15) is 18.0 Å². The van der Waals surface area contributed by atoms with Crippen LogP contribution < -0.4 is 0 Å². The molecule has 0 amide bonds. The van der Waals surface area contributed by atoms with Gasteiger partial charge in [-0.2, -0.15) is 0 Å². The standard InChI is InChI=1S/C24H37NO6/c1-4-25-10-21(11-28-2)6-5-17(26)24-14-7-13-15(29-3)8-22(18(14)19(13)27)23(20(24)25,9-16(21)24)31-12-30-22/h13-20,26-27H,4-12H2,1-3H3. The molecule has 7 fully saturated rings. The number of hydrogen-bond donors (Lipinski definition) is 2. The van der Waals surface area contributed by atoms with Gasteiger partial charge < -0.3 is 29.2 Å². The zero-order valence-electron chi connectivity index (χ0n) is 19.0. The van der Waals surface area contributed by atoms with E-state index in [0.717, 1.165) is 51.8 Å². The molecule has 0 aromatic carbocycles. The van der Waals surface area contributed by atoms with Crippen LogP contribution in [-0.4, -0.2) is 91.4 Å². The number of aliphatic hydroxyl groups excluding tert-OH is 2. The molecule has 0 radical (unpaired) electrons. The van der Waals surface area contributed by atoms with Gasteiger partial charge in [-0.1, -0.05) is 6.92 Å². The van der Waals surface area contributed by atoms with Crippen LogP contribution in [0.5, 0.6) is 0 Å². The molecule has 0 aromatic heterocycles. The Hall–Kier alpha value is -0.280. The number of likely N-dealkylation sites (N-methyl/N-ethyl adjacent to an activating group) is 1. The van der Waals surface area contributed by atoms with Crippen molar-refractivity contribution in [3.05, 3.63) is 0 Å². The topological polar surface area (TPSA) is 80.6 Å². The smallest absolute Gasteiger partial charge is 0.148 e. The highest BCUT2D eigenvalue weighted by Gasteiger charge is 2.90. The van der Waals surface area contributed by atoms with Crippen molar-refractivity contribution in [2.75, 3.05) is 40.7 Å². The average molecular weight is 436 g/mol. The summed E-state index contributed by atoms with van der Waals surface area (Å²) in [7, 11) is 3.59. The normalized spacial score (nSPS) is 63.4. The predicted octanol–water partition coefficient (Wildman–Crippen LogP) is 1.01. The quantitative estimate of drug-likeness (QED) is 0.682. The molecule has 7 bridgehead atoms. The molecule has 7 aliphatic rings. The Bertz CT molecular complexity index is 796. The predicted molar refractivity (Wildman–Crippen MR) is 110 cm³/mol. The van der Waals surface area contributed by atoms with Crippen molar-refractivity contribution >= 4 is 0 Å². The van der Waals surface area contributed by atoms with Crippen LogP contribution in [0.4, 0.5) is 0 Å². The summed E-state index contributed by atoms with van der Waals surface area (Å²) < 4.78 is 25.2. The molecule has 3 spiro atoms. The Kier molecular flexibility index (Phi) is 3.92. The Balaban J connectivity index is 1.52. The maximum Gasteiger partial charge on any atom is 0.148 e. The summed E-state index contributed by atoms with van der Waals surface area (Å²) in [5.74, 6) is 0.679. The van der Waals surface area contributed by atoms with Crippen molar-refractivity contribution in [1.82, 2.24) is 4.90 Å². The third-order valence-corrected chi connectivity index (χ3v) is 11.6. The van der Waals surface area contributed by atoms with E-state index in [1.54, 1.807) is 7.11 Å². The van der Waals surface area contributed by atoms with E-state index in [0.29, 0.717) is 5.92 Å². The van der Waals surface area contributed by atoms with Gasteiger partial charge in [-0.25, -0.2) is 0 Å². The summed E-state index contributed by atoms with van der Waals surface area (Å²) in [5.41, 5.74) is -1.28. The first kappa shape index (κ1) is 20.1. The Morgan fingerprint density at radius 3 is 2.68 bits per heavy atom. The SMILES string of the molecule is CCN1CC2(COC)CCC(O)C34C5CC6C(OC)CC7(OCOC7(CC23)C14)C5C6O. The van der Waals surface area contributed by atoms with E-state index in [9.17, 15) is 10.2 Å². The fourth-order valence-corrected chi connectivity index (χ4v) is 11.1. The Morgan fingerprint density at radius 1 is 1.13 bits per heavy atom. The van der Waals surface area contributed by atoms with Gasteiger partial charge in [0.2, 0.25) is 0 Å². The molecule has 2 saturated heterocycles. The molecule has 174 valence electrons. The van der Waals surface area contributed by atoms with E-state index in [1.165, 1.54) is 0 Å². The zero-order chi connectivity index (χ0) is 21.4. The van der Waals surface area contributed by atoms with Crippen molar-refractivity contribution in [2.24, 2.45) is 34.5 Å². The van der Waals surface area contributed by atoms with E-state index in [2.05, 4.69) is 11.8 Å². The number of likely N-dealkylation sites (tertiary alicyclic amines) is 1. The lowest BCUT2D eigenvalue weighted by Crippen LogP contribution is -2.80. The van der Waals surface area contributed by atoms with Crippen molar-refractivity contribution in [2.45, 2.75) is 74.6 Å². The second-order valence-electron chi connectivity index (χ2n) is 11.8. The molecule has 2 aliphatic heterocycles. The third-order valence-electron chi connectivity index (χ3n) is 11.6. The molecular weight excluding hydrogens is 398 g/mol. The first-order valence-corrected chi connectivity index (χ1v) is 12.4. The number of hydrogen-bond acceptors (Lipinski definition) is 7. The van der Waals surface area contributed by atoms with Crippen LogP contribution in [0.15, 0.2) is 0 Å². The van der Waals surface area contributed by atoms with Gasteiger partial charge in [-0.3, -0.25) is 4.90 Å². The Labute approximate surface area is 184 Å². The van der Waals surface area contributed by atoms with E-state index in [-0.39, 0.29) is 53.6 Å². The molecule has 12 atom stereocenters. The molecule has 2 heterocycles. The van der Waals surface area contributed by atoms with Gasteiger partial charge in [-0.15, -0.1) is 0 Å². The van der Waals surface area contributed by atoms with Crippen molar-refractivity contribution in [3.63, 3.8) is 0 Å². The highest BCUT2D eigenvalue weighted by Crippen LogP contribution is 2.81. The number of aliphatic hydroxyl groups is 2. The molecule has 7 heteroatoms. The van der Waals surface area contributed by atoms with Crippen LogP contribution in [0.3, 0.4) is 0 Å².